The van der Waals surface area contributed by atoms with Crippen LogP contribution in [0.15, 0.2) is 73.1 Å². The minimum absolute atomic E-state index is 0.0137. The van der Waals surface area contributed by atoms with E-state index >= 15 is 0 Å². The fourth-order valence-electron chi connectivity index (χ4n) is 2.47. The van der Waals surface area contributed by atoms with Crippen molar-refractivity contribution in [2.75, 3.05) is 0 Å². The zero-order valence-corrected chi connectivity index (χ0v) is 12.8. The predicted octanol–water partition coefficient (Wildman–Crippen LogP) is 3.01. The number of amides is 1. The molecule has 0 aliphatic carbocycles. The number of nitrogens with one attached hydrogen (secondary N) is 1. The largest absolute Gasteiger partial charge is 0.504 e. The van der Waals surface area contributed by atoms with Crippen molar-refractivity contribution in [1.29, 1.82) is 0 Å². The standard InChI is InChI=1S/C19H16N2O3/c22-16-10-4-9-15(18(16)23)19(24)21-17(13-6-2-1-3-7-13)14-8-5-11-20-12-14/h1-12,17,22-23H,(H,21,24)/t17-/m0/s1. The first kappa shape index (κ1) is 15.6. The van der Waals surface area contributed by atoms with Crippen molar-refractivity contribution in [3.05, 3.63) is 89.7 Å². The number of para-hydroxylation sites is 1. The second kappa shape index (κ2) is 6.83. The number of aromatic hydroxyl groups is 2. The average Bonchev–Trinajstić information content (AvgIpc) is 2.63. The molecule has 1 heterocycles. The van der Waals surface area contributed by atoms with E-state index < -0.39 is 17.7 Å². The number of hydrogen-bond donors (Lipinski definition) is 3. The molecule has 0 aliphatic rings. The second-order valence-corrected chi connectivity index (χ2v) is 5.28. The highest BCUT2D eigenvalue weighted by Crippen LogP contribution is 2.29. The third-order valence-electron chi connectivity index (χ3n) is 3.69. The van der Waals surface area contributed by atoms with Gasteiger partial charge >= 0.3 is 0 Å². The molecule has 0 aliphatic heterocycles. The van der Waals surface area contributed by atoms with Gasteiger partial charge in [-0.2, -0.15) is 0 Å². The van der Waals surface area contributed by atoms with Crippen molar-refractivity contribution in [3.63, 3.8) is 0 Å². The smallest absolute Gasteiger partial charge is 0.255 e. The lowest BCUT2D eigenvalue weighted by Gasteiger charge is -2.20. The third kappa shape index (κ3) is 3.20. The molecule has 1 amide bonds. The number of carbonyl (C=O) groups is 1. The second-order valence-electron chi connectivity index (χ2n) is 5.28. The van der Waals surface area contributed by atoms with Gasteiger partial charge in [0.2, 0.25) is 0 Å². The van der Waals surface area contributed by atoms with E-state index in [4.69, 9.17) is 0 Å². The Morgan fingerprint density at radius 2 is 1.67 bits per heavy atom. The molecule has 0 unspecified atom stereocenters. The highest BCUT2D eigenvalue weighted by atomic mass is 16.3. The van der Waals surface area contributed by atoms with Crippen LogP contribution in [-0.4, -0.2) is 21.1 Å². The van der Waals surface area contributed by atoms with Crippen molar-refractivity contribution in [2.45, 2.75) is 6.04 Å². The number of aromatic nitrogens is 1. The molecule has 5 heteroatoms. The molecule has 1 atom stereocenters. The number of benzene rings is 2. The van der Waals surface area contributed by atoms with Gasteiger partial charge < -0.3 is 15.5 Å². The van der Waals surface area contributed by atoms with Crippen LogP contribution in [0.5, 0.6) is 11.5 Å². The fourth-order valence-corrected chi connectivity index (χ4v) is 2.47. The normalized spacial score (nSPS) is 11.7. The molecular formula is C19H16N2O3. The van der Waals surface area contributed by atoms with Gasteiger partial charge in [0.1, 0.15) is 0 Å². The van der Waals surface area contributed by atoms with E-state index in [9.17, 15) is 15.0 Å². The third-order valence-corrected chi connectivity index (χ3v) is 3.69. The number of carbonyl (C=O) groups excluding carboxylic acids is 1. The predicted molar refractivity (Wildman–Crippen MR) is 89.8 cm³/mol. The maximum Gasteiger partial charge on any atom is 0.255 e. The number of phenolic OH excluding ortho intramolecular Hbond substituents is 2. The molecule has 0 spiro atoms. The summed E-state index contributed by atoms with van der Waals surface area (Å²) >= 11 is 0. The first-order chi connectivity index (χ1) is 11.7. The fraction of sp³-hybridized carbons (Fsp3) is 0.0526. The van der Waals surface area contributed by atoms with Crippen LogP contribution in [0, 0.1) is 0 Å². The number of rotatable bonds is 4. The van der Waals surface area contributed by atoms with Gasteiger partial charge in [-0.25, -0.2) is 0 Å². The van der Waals surface area contributed by atoms with Crippen LogP contribution in [0.2, 0.25) is 0 Å². The average molecular weight is 320 g/mol. The molecule has 3 N–H and O–H groups in total. The maximum atomic E-state index is 12.6. The van der Waals surface area contributed by atoms with Gasteiger partial charge in [0.15, 0.2) is 11.5 Å². The summed E-state index contributed by atoms with van der Waals surface area (Å²) in [4.78, 5) is 16.7. The summed E-state index contributed by atoms with van der Waals surface area (Å²) in [6, 6.07) is 17.0. The summed E-state index contributed by atoms with van der Waals surface area (Å²) in [5, 5.41) is 22.4. The Kier molecular flexibility index (Phi) is 4.43. The Morgan fingerprint density at radius 1 is 0.917 bits per heavy atom. The molecule has 3 rings (SSSR count). The summed E-state index contributed by atoms with van der Waals surface area (Å²) in [6.07, 6.45) is 3.34. The Morgan fingerprint density at radius 3 is 2.38 bits per heavy atom. The summed E-state index contributed by atoms with van der Waals surface area (Å²) in [5.41, 5.74) is 1.72. The molecule has 5 nitrogen and oxygen atoms in total. The zero-order chi connectivity index (χ0) is 16.9. The van der Waals surface area contributed by atoms with Crippen LogP contribution in [-0.2, 0) is 0 Å². The molecule has 0 radical (unpaired) electrons. The summed E-state index contributed by atoms with van der Waals surface area (Å²) in [5.74, 6) is -1.26. The molecule has 0 fully saturated rings. The maximum absolute atomic E-state index is 12.6. The van der Waals surface area contributed by atoms with Crippen molar-refractivity contribution < 1.29 is 15.0 Å². The molecule has 0 bridgehead atoms. The Balaban J connectivity index is 1.95. The van der Waals surface area contributed by atoms with Gasteiger partial charge in [-0.1, -0.05) is 42.5 Å². The van der Waals surface area contributed by atoms with Gasteiger partial charge in [0.25, 0.3) is 5.91 Å². The number of phenols is 2. The van der Waals surface area contributed by atoms with E-state index in [1.807, 2.05) is 36.4 Å². The first-order valence-corrected chi connectivity index (χ1v) is 7.43. The molecule has 3 aromatic rings. The van der Waals surface area contributed by atoms with Crippen molar-refractivity contribution in [1.82, 2.24) is 10.3 Å². The summed E-state index contributed by atoms with van der Waals surface area (Å²) < 4.78 is 0. The molecule has 0 saturated heterocycles. The van der Waals surface area contributed by atoms with Gasteiger partial charge in [0, 0.05) is 12.4 Å². The van der Waals surface area contributed by atoms with Crippen LogP contribution in [0.4, 0.5) is 0 Å². The van der Waals surface area contributed by atoms with E-state index in [0.717, 1.165) is 11.1 Å². The lowest BCUT2D eigenvalue weighted by molar-refractivity contribution is 0.0939. The minimum atomic E-state index is -0.485. The summed E-state index contributed by atoms with van der Waals surface area (Å²) in [7, 11) is 0. The number of nitrogens with zero attached hydrogens (tertiary/aromatic N) is 1. The highest BCUT2D eigenvalue weighted by molar-refractivity contribution is 5.98. The van der Waals surface area contributed by atoms with E-state index in [0.29, 0.717) is 0 Å². The van der Waals surface area contributed by atoms with E-state index in [2.05, 4.69) is 10.3 Å². The zero-order valence-electron chi connectivity index (χ0n) is 12.8. The lowest BCUT2D eigenvalue weighted by Crippen LogP contribution is -2.29. The van der Waals surface area contributed by atoms with Crippen LogP contribution < -0.4 is 5.32 Å². The van der Waals surface area contributed by atoms with E-state index in [-0.39, 0.29) is 11.3 Å². The molecule has 0 saturated carbocycles. The SMILES string of the molecule is O=C(N[C@@H](c1ccccc1)c1cccnc1)c1cccc(O)c1O. The van der Waals surface area contributed by atoms with Crippen molar-refractivity contribution >= 4 is 5.91 Å². The van der Waals surface area contributed by atoms with Crippen molar-refractivity contribution in [2.24, 2.45) is 0 Å². The Labute approximate surface area is 139 Å². The first-order valence-electron chi connectivity index (χ1n) is 7.43. The highest BCUT2D eigenvalue weighted by Gasteiger charge is 2.20. The van der Waals surface area contributed by atoms with Crippen LogP contribution in [0.3, 0.4) is 0 Å². The number of pyridine rings is 1. The molecule has 120 valence electrons. The van der Waals surface area contributed by atoms with Gasteiger partial charge in [-0.05, 0) is 29.3 Å². The van der Waals surface area contributed by atoms with Crippen LogP contribution in [0.25, 0.3) is 0 Å². The van der Waals surface area contributed by atoms with Crippen LogP contribution >= 0.6 is 0 Å². The van der Waals surface area contributed by atoms with Gasteiger partial charge in [-0.15, -0.1) is 0 Å². The molecule has 24 heavy (non-hydrogen) atoms. The lowest BCUT2D eigenvalue weighted by atomic mass is 9.99. The van der Waals surface area contributed by atoms with Gasteiger partial charge in [-0.3, -0.25) is 9.78 Å². The van der Waals surface area contributed by atoms with E-state index in [1.165, 1.54) is 18.2 Å². The van der Waals surface area contributed by atoms with Crippen LogP contribution in [0.1, 0.15) is 27.5 Å². The molecular weight excluding hydrogens is 304 g/mol. The monoisotopic (exact) mass is 320 g/mol. The minimum Gasteiger partial charge on any atom is -0.504 e. The number of hydrogen-bond acceptors (Lipinski definition) is 4. The Bertz CT molecular complexity index is 796. The van der Waals surface area contributed by atoms with E-state index in [1.54, 1.807) is 18.5 Å². The molecule has 2 aromatic carbocycles. The van der Waals surface area contributed by atoms with Gasteiger partial charge in [0.05, 0.1) is 11.6 Å². The molecule has 1 aromatic heterocycles. The quantitative estimate of drug-likeness (QED) is 0.645. The van der Waals surface area contributed by atoms with Crippen molar-refractivity contribution in [3.8, 4) is 11.5 Å². The topological polar surface area (TPSA) is 82.5 Å². The summed E-state index contributed by atoms with van der Waals surface area (Å²) in [6.45, 7) is 0. The Hall–Kier alpha value is -3.34.